The van der Waals surface area contributed by atoms with E-state index in [4.69, 9.17) is 9.47 Å². The van der Waals surface area contributed by atoms with Crippen LogP contribution >= 0.6 is 0 Å². The maximum absolute atomic E-state index is 11.9. The first-order valence-corrected chi connectivity index (χ1v) is 7.43. The second kappa shape index (κ2) is 5.63. The second-order valence-corrected chi connectivity index (χ2v) is 5.83. The van der Waals surface area contributed by atoms with Gasteiger partial charge < -0.3 is 14.4 Å². The summed E-state index contributed by atoms with van der Waals surface area (Å²) in [5.41, 5.74) is 0. The maximum atomic E-state index is 11.9. The molecule has 0 radical (unpaired) electrons. The van der Waals surface area contributed by atoms with Crippen molar-refractivity contribution in [1.82, 2.24) is 4.90 Å². The molecule has 106 valence electrons. The van der Waals surface area contributed by atoms with E-state index in [0.29, 0.717) is 37.0 Å². The van der Waals surface area contributed by atoms with Crippen LogP contribution in [0.1, 0.15) is 32.6 Å². The van der Waals surface area contributed by atoms with Gasteiger partial charge in [-0.25, -0.2) is 0 Å². The molecule has 0 unspecified atom stereocenters. The van der Waals surface area contributed by atoms with Crippen molar-refractivity contribution in [1.29, 1.82) is 0 Å². The van der Waals surface area contributed by atoms with Crippen molar-refractivity contribution in [3.63, 3.8) is 0 Å². The van der Waals surface area contributed by atoms with Crippen LogP contribution in [0.25, 0.3) is 0 Å². The Morgan fingerprint density at radius 2 is 2.16 bits per heavy atom. The van der Waals surface area contributed by atoms with E-state index in [1.165, 1.54) is 0 Å². The highest BCUT2D eigenvalue weighted by Crippen LogP contribution is 2.37. The summed E-state index contributed by atoms with van der Waals surface area (Å²) in [6.07, 6.45) is 8.16. The molecule has 3 aliphatic heterocycles. The lowest BCUT2D eigenvalue weighted by molar-refractivity contribution is -0.132. The monoisotopic (exact) mass is 265 g/mol. The van der Waals surface area contributed by atoms with E-state index >= 15 is 0 Å². The van der Waals surface area contributed by atoms with Crippen LogP contribution in [0, 0.1) is 11.8 Å². The van der Waals surface area contributed by atoms with Crippen LogP contribution in [0.3, 0.4) is 0 Å². The van der Waals surface area contributed by atoms with Gasteiger partial charge in [0.05, 0.1) is 13.2 Å². The average molecular weight is 265 g/mol. The Hall–Kier alpha value is -0.870. The van der Waals surface area contributed by atoms with Crippen LogP contribution in [0.5, 0.6) is 0 Å². The summed E-state index contributed by atoms with van der Waals surface area (Å²) in [5, 5.41) is 0. The van der Waals surface area contributed by atoms with Crippen molar-refractivity contribution in [2.24, 2.45) is 11.8 Å². The minimum atomic E-state index is -0.0630. The van der Waals surface area contributed by atoms with E-state index in [9.17, 15) is 4.79 Å². The Morgan fingerprint density at radius 1 is 1.37 bits per heavy atom. The molecule has 1 amide bonds. The molecule has 3 aliphatic rings. The molecule has 0 aromatic heterocycles. The summed E-state index contributed by atoms with van der Waals surface area (Å²) < 4.78 is 11.1. The number of ether oxygens (including phenoxy) is 2. The molecule has 19 heavy (non-hydrogen) atoms. The predicted molar refractivity (Wildman–Crippen MR) is 71.5 cm³/mol. The molecule has 0 aromatic rings. The number of allylic oxidation sites excluding steroid dienone is 2. The van der Waals surface area contributed by atoms with Gasteiger partial charge in [-0.15, -0.1) is 0 Å². The van der Waals surface area contributed by atoms with Gasteiger partial charge in [-0.3, -0.25) is 4.79 Å². The van der Waals surface area contributed by atoms with Crippen LogP contribution in [-0.2, 0) is 14.3 Å². The highest BCUT2D eigenvalue weighted by molar-refractivity contribution is 5.78. The van der Waals surface area contributed by atoms with Crippen LogP contribution in [0.4, 0.5) is 0 Å². The van der Waals surface area contributed by atoms with E-state index in [-0.39, 0.29) is 6.29 Å². The Balaban J connectivity index is 1.68. The highest BCUT2D eigenvalue weighted by atomic mass is 16.7. The zero-order valence-electron chi connectivity index (χ0n) is 11.6. The first kappa shape index (κ1) is 13.1. The number of carbonyl (C=O) groups is 1. The summed E-state index contributed by atoms with van der Waals surface area (Å²) in [4.78, 5) is 14.0. The Morgan fingerprint density at radius 3 is 2.89 bits per heavy atom. The number of hydrogen-bond acceptors (Lipinski definition) is 3. The van der Waals surface area contributed by atoms with Gasteiger partial charge in [0.15, 0.2) is 6.29 Å². The predicted octanol–water partition coefficient (Wildman–Crippen LogP) is 1.95. The van der Waals surface area contributed by atoms with E-state index in [1.54, 1.807) is 0 Å². The minimum absolute atomic E-state index is 0.0630. The molecule has 0 spiro atoms. The lowest BCUT2D eigenvalue weighted by atomic mass is 9.80. The molecule has 3 fully saturated rings. The molecule has 0 aromatic carbocycles. The number of amides is 1. The van der Waals surface area contributed by atoms with Gasteiger partial charge in [-0.05, 0) is 31.6 Å². The van der Waals surface area contributed by atoms with Gasteiger partial charge in [0, 0.05) is 25.4 Å². The summed E-state index contributed by atoms with van der Waals surface area (Å²) in [7, 11) is 0. The summed E-state index contributed by atoms with van der Waals surface area (Å²) in [5.74, 6) is 1.37. The standard InChI is InChI=1S/C15H23NO3/c1-2-3-11-8-13-4-5-14(17)16(13)10-12(11)9-15-18-6-7-19-15/h2-3,11-13,15H,4-10H2,1H3/b3-2-/t11-,12-,13-/m1/s1. The second-order valence-electron chi connectivity index (χ2n) is 5.83. The van der Waals surface area contributed by atoms with Gasteiger partial charge in [-0.1, -0.05) is 12.2 Å². The first-order chi connectivity index (χ1) is 9.28. The van der Waals surface area contributed by atoms with Crippen LogP contribution in [-0.4, -0.2) is 42.9 Å². The van der Waals surface area contributed by atoms with Crippen LogP contribution in [0.15, 0.2) is 12.2 Å². The summed E-state index contributed by atoms with van der Waals surface area (Å²) in [6.45, 7) is 4.36. The van der Waals surface area contributed by atoms with Crippen molar-refractivity contribution in [2.45, 2.75) is 44.9 Å². The molecule has 3 atom stereocenters. The number of piperidine rings is 1. The van der Waals surface area contributed by atoms with Gasteiger partial charge in [0.25, 0.3) is 0 Å². The fourth-order valence-corrected chi connectivity index (χ4v) is 3.71. The smallest absolute Gasteiger partial charge is 0.222 e. The minimum Gasteiger partial charge on any atom is -0.350 e. The molecule has 0 saturated carbocycles. The fourth-order valence-electron chi connectivity index (χ4n) is 3.71. The van der Waals surface area contributed by atoms with E-state index in [2.05, 4.69) is 24.0 Å². The molecule has 0 aliphatic carbocycles. The van der Waals surface area contributed by atoms with Gasteiger partial charge >= 0.3 is 0 Å². The Bertz CT molecular complexity index is 362. The summed E-state index contributed by atoms with van der Waals surface area (Å²) in [6, 6.07) is 0.468. The highest BCUT2D eigenvalue weighted by Gasteiger charge is 2.41. The largest absolute Gasteiger partial charge is 0.350 e. The number of rotatable bonds is 3. The quantitative estimate of drug-likeness (QED) is 0.732. The van der Waals surface area contributed by atoms with Crippen molar-refractivity contribution in [3.05, 3.63) is 12.2 Å². The van der Waals surface area contributed by atoms with Gasteiger partial charge in [0.2, 0.25) is 5.91 Å². The van der Waals surface area contributed by atoms with E-state index in [0.717, 1.165) is 32.2 Å². The molecule has 4 heteroatoms. The number of carbonyl (C=O) groups excluding carboxylic acids is 1. The van der Waals surface area contributed by atoms with Crippen molar-refractivity contribution >= 4 is 5.91 Å². The van der Waals surface area contributed by atoms with Gasteiger partial charge in [-0.2, -0.15) is 0 Å². The average Bonchev–Trinajstić information content (AvgIpc) is 3.02. The molecule has 3 heterocycles. The third kappa shape index (κ3) is 2.70. The molecule has 3 saturated heterocycles. The third-order valence-electron chi connectivity index (χ3n) is 4.66. The normalized spacial score (nSPS) is 36.4. The molecule has 0 N–H and O–H groups in total. The number of fused-ring (bicyclic) bond motifs is 1. The van der Waals surface area contributed by atoms with Crippen LogP contribution in [0.2, 0.25) is 0 Å². The lowest BCUT2D eigenvalue weighted by Gasteiger charge is -2.40. The number of hydrogen-bond donors (Lipinski definition) is 0. The Labute approximate surface area is 114 Å². The molecule has 3 rings (SSSR count). The zero-order valence-corrected chi connectivity index (χ0v) is 11.6. The van der Waals surface area contributed by atoms with Crippen molar-refractivity contribution < 1.29 is 14.3 Å². The third-order valence-corrected chi connectivity index (χ3v) is 4.66. The van der Waals surface area contributed by atoms with Gasteiger partial charge in [0.1, 0.15) is 0 Å². The molecular weight excluding hydrogens is 242 g/mol. The van der Waals surface area contributed by atoms with E-state index < -0.39 is 0 Å². The van der Waals surface area contributed by atoms with Crippen LogP contribution < -0.4 is 0 Å². The fraction of sp³-hybridized carbons (Fsp3) is 0.800. The van der Waals surface area contributed by atoms with Crippen molar-refractivity contribution in [2.75, 3.05) is 19.8 Å². The first-order valence-electron chi connectivity index (χ1n) is 7.43. The maximum Gasteiger partial charge on any atom is 0.222 e. The molecule has 0 bridgehead atoms. The summed E-state index contributed by atoms with van der Waals surface area (Å²) >= 11 is 0. The lowest BCUT2D eigenvalue weighted by Crippen LogP contribution is -2.46. The zero-order chi connectivity index (χ0) is 13.2. The SMILES string of the molecule is C/C=C\[C@@H]1C[C@H]2CCC(=O)N2C[C@H]1CC1OCCO1. The molecular formula is C15H23NO3. The Kier molecular flexibility index (Phi) is 3.89. The van der Waals surface area contributed by atoms with Crippen molar-refractivity contribution in [3.8, 4) is 0 Å². The molecule has 4 nitrogen and oxygen atoms in total. The topological polar surface area (TPSA) is 38.8 Å². The van der Waals surface area contributed by atoms with E-state index in [1.807, 2.05) is 0 Å². The number of nitrogens with zero attached hydrogens (tertiary/aromatic N) is 1.